The Kier molecular flexibility index (Phi) is 3.83. The molecule has 2 aliphatic rings. The average Bonchev–Trinajstić information content (AvgIpc) is 3.09. The third-order valence-electron chi connectivity index (χ3n) is 5.15. The molecule has 6 heteroatoms. The van der Waals surface area contributed by atoms with Crippen LogP contribution in [0, 0.1) is 5.82 Å². The number of hydrogen-bond acceptors (Lipinski definition) is 2. The van der Waals surface area contributed by atoms with Gasteiger partial charge in [0.05, 0.1) is 0 Å². The Labute approximate surface area is 145 Å². The molecule has 0 N–H and O–H groups in total. The topological polar surface area (TPSA) is 38.1 Å². The van der Waals surface area contributed by atoms with E-state index in [1.165, 1.54) is 6.07 Å². The van der Waals surface area contributed by atoms with Crippen LogP contribution in [0.5, 0.6) is 0 Å². The minimum Gasteiger partial charge on any atom is -0.334 e. The Hall–Kier alpha value is -1.88. The van der Waals surface area contributed by atoms with Crippen LogP contribution in [0.3, 0.4) is 0 Å². The molecule has 1 fully saturated rings. The fraction of sp³-hybridized carbons (Fsp3) is 0.444. The van der Waals surface area contributed by atoms with Crippen LogP contribution in [0.2, 0.25) is 5.02 Å². The highest BCUT2D eigenvalue weighted by Crippen LogP contribution is 2.32. The van der Waals surface area contributed by atoms with Crippen molar-refractivity contribution >= 4 is 17.5 Å². The van der Waals surface area contributed by atoms with Crippen LogP contribution >= 0.6 is 11.6 Å². The molecule has 0 saturated carbocycles. The lowest BCUT2D eigenvalue weighted by atomic mass is 9.99. The lowest BCUT2D eigenvalue weighted by molar-refractivity contribution is 0.0448. The first-order valence-electron chi connectivity index (χ1n) is 8.47. The Bertz CT molecular complexity index is 815. The van der Waals surface area contributed by atoms with E-state index in [1.807, 2.05) is 4.90 Å². The molecule has 0 bridgehead atoms. The van der Waals surface area contributed by atoms with Gasteiger partial charge in [0, 0.05) is 28.9 Å². The van der Waals surface area contributed by atoms with Crippen molar-refractivity contribution in [1.82, 2.24) is 14.7 Å². The molecule has 0 spiro atoms. The minimum atomic E-state index is -0.422. The summed E-state index contributed by atoms with van der Waals surface area (Å²) < 4.78 is 15.9. The lowest BCUT2D eigenvalue weighted by Gasteiger charge is -2.40. The zero-order chi connectivity index (χ0) is 16.8. The van der Waals surface area contributed by atoms with Crippen molar-refractivity contribution in [2.24, 2.45) is 0 Å². The first-order valence-corrected chi connectivity index (χ1v) is 8.85. The van der Waals surface area contributed by atoms with Crippen molar-refractivity contribution in [3.8, 4) is 5.69 Å². The van der Waals surface area contributed by atoms with Gasteiger partial charge >= 0.3 is 0 Å². The first kappa shape index (κ1) is 15.6. The van der Waals surface area contributed by atoms with Crippen LogP contribution in [0.15, 0.2) is 18.2 Å². The Morgan fingerprint density at radius 2 is 2.25 bits per heavy atom. The van der Waals surface area contributed by atoms with Crippen LogP contribution < -0.4 is 0 Å². The number of nitrogens with zero attached hydrogens (tertiary/aromatic N) is 3. The number of carbonyl (C=O) groups excluding carboxylic acids is 1. The number of carbonyl (C=O) groups is 1. The summed E-state index contributed by atoms with van der Waals surface area (Å²) in [7, 11) is 0. The molecule has 0 radical (unpaired) electrons. The summed E-state index contributed by atoms with van der Waals surface area (Å²) in [6.45, 7) is 2.88. The molecule has 24 heavy (non-hydrogen) atoms. The number of rotatable bonds is 3. The van der Waals surface area contributed by atoms with Gasteiger partial charge in [-0.2, -0.15) is 5.10 Å². The van der Waals surface area contributed by atoms with Crippen LogP contribution in [-0.4, -0.2) is 33.2 Å². The molecule has 1 aromatic heterocycles. The number of fused-ring (bicyclic) bond motifs is 1. The van der Waals surface area contributed by atoms with Gasteiger partial charge in [0.2, 0.25) is 0 Å². The summed E-state index contributed by atoms with van der Waals surface area (Å²) in [6.07, 6.45) is 4.63. The summed E-state index contributed by atoms with van der Waals surface area (Å²) in [4.78, 5) is 14.8. The third-order valence-corrected chi connectivity index (χ3v) is 5.38. The monoisotopic (exact) mass is 347 g/mol. The molecule has 1 atom stereocenters. The molecule has 4 rings (SSSR count). The molecule has 1 aliphatic carbocycles. The molecule has 1 aliphatic heterocycles. The van der Waals surface area contributed by atoms with E-state index in [4.69, 9.17) is 11.6 Å². The van der Waals surface area contributed by atoms with E-state index >= 15 is 0 Å². The summed E-state index contributed by atoms with van der Waals surface area (Å²) in [5.41, 5.74) is 2.78. The molecule has 2 heterocycles. The van der Waals surface area contributed by atoms with E-state index in [0.29, 0.717) is 22.4 Å². The van der Waals surface area contributed by atoms with Gasteiger partial charge < -0.3 is 4.90 Å². The van der Waals surface area contributed by atoms with E-state index < -0.39 is 5.82 Å². The van der Waals surface area contributed by atoms with Gasteiger partial charge in [-0.25, -0.2) is 9.07 Å². The van der Waals surface area contributed by atoms with E-state index in [0.717, 1.165) is 49.9 Å². The van der Waals surface area contributed by atoms with Gasteiger partial charge in [0.25, 0.3) is 5.91 Å². The molecule has 1 aromatic carbocycles. The fourth-order valence-electron chi connectivity index (χ4n) is 3.73. The lowest BCUT2D eigenvalue weighted by Crippen LogP contribution is -2.51. The van der Waals surface area contributed by atoms with Crippen molar-refractivity contribution in [3.05, 3.63) is 46.0 Å². The highest BCUT2D eigenvalue weighted by Gasteiger charge is 2.36. The molecule has 1 unspecified atom stereocenters. The van der Waals surface area contributed by atoms with Crippen molar-refractivity contribution in [2.45, 2.75) is 45.1 Å². The largest absolute Gasteiger partial charge is 0.334 e. The van der Waals surface area contributed by atoms with E-state index in [9.17, 15) is 9.18 Å². The predicted molar refractivity (Wildman–Crippen MR) is 90.3 cm³/mol. The summed E-state index contributed by atoms with van der Waals surface area (Å²) in [5, 5.41) is 4.86. The van der Waals surface area contributed by atoms with Crippen molar-refractivity contribution in [2.75, 3.05) is 6.54 Å². The van der Waals surface area contributed by atoms with E-state index in [1.54, 1.807) is 16.8 Å². The molecule has 4 nitrogen and oxygen atoms in total. The number of benzene rings is 1. The van der Waals surface area contributed by atoms with Gasteiger partial charge in [-0.3, -0.25) is 4.79 Å². The van der Waals surface area contributed by atoms with Crippen molar-refractivity contribution < 1.29 is 9.18 Å². The van der Waals surface area contributed by atoms with Gasteiger partial charge in [-0.05, 0) is 50.3 Å². The van der Waals surface area contributed by atoms with E-state index in [2.05, 4.69) is 12.0 Å². The smallest absolute Gasteiger partial charge is 0.274 e. The average molecular weight is 348 g/mol. The maximum Gasteiger partial charge on any atom is 0.274 e. The predicted octanol–water partition coefficient (Wildman–Crippen LogP) is 3.78. The van der Waals surface area contributed by atoms with Crippen molar-refractivity contribution in [3.63, 3.8) is 0 Å². The highest BCUT2D eigenvalue weighted by molar-refractivity contribution is 6.30. The minimum absolute atomic E-state index is 0.0145. The van der Waals surface area contributed by atoms with Crippen LogP contribution in [0.25, 0.3) is 5.69 Å². The molecule has 1 amide bonds. The van der Waals surface area contributed by atoms with E-state index in [-0.39, 0.29) is 5.91 Å². The third kappa shape index (κ3) is 2.34. The quantitative estimate of drug-likeness (QED) is 0.847. The fourth-order valence-corrected chi connectivity index (χ4v) is 3.89. The number of aromatic nitrogens is 2. The molecular weight excluding hydrogens is 329 g/mol. The Balaban J connectivity index is 1.77. The molecule has 126 valence electrons. The standard InChI is InChI=1S/C18H19ClFN3O/c1-2-12-8-9-22(12)18(24)17-13-4-3-5-15(13)23(21-17)16-7-6-11(19)10-14(16)20/h6-7,10,12H,2-5,8-9H2,1H3. The highest BCUT2D eigenvalue weighted by atomic mass is 35.5. The Morgan fingerprint density at radius 1 is 1.42 bits per heavy atom. The zero-order valence-electron chi connectivity index (χ0n) is 13.6. The second kappa shape index (κ2) is 5.88. The molecule has 1 saturated heterocycles. The van der Waals surface area contributed by atoms with Crippen LogP contribution in [0.4, 0.5) is 4.39 Å². The SMILES string of the molecule is CCC1CCN1C(=O)c1nn(-c2ccc(Cl)cc2F)c2c1CCC2. The van der Waals surface area contributed by atoms with Gasteiger partial charge in [0.1, 0.15) is 11.5 Å². The van der Waals surface area contributed by atoms with Gasteiger partial charge in [-0.15, -0.1) is 0 Å². The second-order valence-corrected chi connectivity index (χ2v) is 6.92. The summed E-state index contributed by atoms with van der Waals surface area (Å²) in [6, 6.07) is 4.86. The Morgan fingerprint density at radius 3 is 2.92 bits per heavy atom. The van der Waals surface area contributed by atoms with Gasteiger partial charge in [-0.1, -0.05) is 18.5 Å². The maximum absolute atomic E-state index is 14.3. The molecule has 2 aromatic rings. The normalized spacial score (nSPS) is 19.3. The zero-order valence-corrected chi connectivity index (χ0v) is 14.3. The number of hydrogen-bond donors (Lipinski definition) is 0. The number of halogens is 2. The van der Waals surface area contributed by atoms with Crippen LogP contribution in [-0.2, 0) is 12.8 Å². The van der Waals surface area contributed by atoms with Crippen molar-refractivity contribution in [1.29, 1.82) is 0 Å². The summed E-state index contributed by atoms with van der Waals surface area (Å²) in [5.74, 6) is -0.437. The first-order chi connectivity index (χ1) is 11.6. The van der Waals surface area contributed by atoms with Gasteiger partial charge in [0.15, 0.2) is 5.69 Å². The number of likely N-dealkylation sites (tertiary alicyclic amines) is 1. The second-order valence-electron chi connectivity index (χ2n) is 6.48. The maximum atomic E-state index is 14.3. The number of amides is 1. The molecular formula is C18H19ClFN3O. The summed E-state index contributed by atoms with van der Waals surface area (Å²) >= 11 is 5.85. The van der Waals surface area contributed by atoms with Crippen LogP contribution in [0.1, 0.15) is 47.9 Å².